The smallest absolute Gasteiger partial charge is 0.266 e. The number of nitrogens with zero attached hydrogens (tertiary/aromatic N) is 4. The summed E-state index contributed by atoms with van der Waals surface area (Å²) < 4.78 is 6.52. The third kappa shape index (κ3) is 5.53. The molecule has 0 radical (unpaired) electrons. The highest BCUT2D eigenvalue weighted by Crippen LogP contribution is 2.34. The summed E-state index contributed by atoms with van der Waals surface area (Å²) in [7, 11) is 0. The van der Waals surface area contributed by atoms with Gasteiger partial charge in [-0.2, -0.15) is 10.2 Å². The first-order valence-electron chi connectivity index (χ1n) is 12.1. The van der Waals surface area contributed by atoms with Crippen LogP contribution in [-0.2, 0) is 17.6 Å². The van der Waals surface area contributed by atoms with Crippen molar-refractivity contribution in [2.75, 3.05) is 24.5 Å². The van der Waals surface area contributed by atoms with Crippen molar-refractivity contribution in [1.29, 1.82) is 5.26 Å². The molecule has 3 aromatic rings. The Bertz CT molecular complexity index is 1310. The van der Waals surface area contributed by atoms with Crippen LogP contribution >= 0.6 is 24.0 Å². The van der Waals surface area contributed by atoms with Gasteiger partial charge in [0.15, 0.2) is 0 Å². The van der Waals surface area contributed by atoms with E-state index in [2.05, 4.69) is 40.2 Å². The van der Waals surface area contributed by atoms with Crippen LogP contribution < -0.4 is 4.90 Å². The average Bonchev–Trinajstić information content (AvgIpc) is 3.44. The summed E-state index contributed by atoms with van der Waals surface area (Å²) >= 11 is 6.70. The number of carbonyl (C=O) groups is 1. The Morgan fingerprint density at radius 2 is 1.75 bits per heavy atom. The molecule has 8 heteroatoms. The number of anilines is 1. The number of thiocarbonyl (C=S) groups is 1. The van der Waals surface area contributed by atoms with Crippen molar-refractivity contribution >= 4 is 46.2 Å². The maximum atomic E-state index is 13.0. The summed E-state index contributed by atoms with van der Waals surface area (Å²) in [6, 6.07) is 22.7. The van der Waals surface area contributed by atoms with E-state index in [0.717, 1.165) is 44.3 Å². The van der Waals surface area contributed by atoms with E-state index in [-0.39, 0.29) is 17.5 Å². The maximum absolute atomic E-state index is 13.0. The molecule has 1 amide bonds. The SMILES string of the molecule is N#Cc1nc(/C=C2/SC(=S)N(CCc3ccccc3)C2=O)oc1N1CCC(Cc2ccccc2)CC1. The lowest BCUT2D eigenvalue weighted by Crippen LogP contribution is -2.34. The summed E-state index contributed by atoms with van der Waals surface area (Å²) in [6.07, 6.45) is 5.44. The van der Waals surface area contributed by atoms with Crippen LogP contribution in [0.25, 0.3) is 6.08 Å². The predicted molar refractivity (Wildman–Crippen MR) is 146 cm³/mol. The lowest BCUT2D eigenvalue weighted by atomic mass is 9.90. The van der Waals surface area contributed by atoms with Gasteiger partial charge in [0.25, 0.3) is 5.91 Å². The topological polar surface area (TPSA) is 73.4 Å². The molecule has 36 heavy (non-hydrogen) atoms. The van der Waals surface area contributed by atoms with Gasteiger partial charge in [0.1, 0.15) is 10.4 Å². The van der Waals surface area contributed by atoms with E-state index in [1.807, 2.05) is 36.4 Å². The normalized spacial score (nSPS) is 17.7. The molecule has 182 valence electrons. The minimum Gasteiger partial charge on any atom is -0.420 e. The van der Waals surface area contributed by atoms with Crippen LogP contribution in [0.15, 0.2) is 70.0 Å². The number of thioether (sulfide) groups is 1. The molecule has 0 bridgehead atoms. The van der Waals surface area contributed by atoms with Crippen LogP contribution in [0.1, 0.15) is 35.6 Å². The minimum atomic E-state index is -0.152. The van der Waals surface area contributed by atoms with Crippen LogP contribution in [0.5, 0.6) is 0 Å². The van der Waals surface area contributed by atoms with Gasteiger partial charge >= 0.3 is 0 Å². The molecule has 0 unspecified atom stereocenters. The second kappa shape index (κ2) is 11.1. The molecule has 2 aromatic carbocycles. The highest BCUT2D eigenvalue weighted by Gasteiger charge is 2.33. The average molecular weight is 515 g/mol. The fraction of sp³-hybridized carbons (Fsp3) is 0.286. The van der Waals surface area contributed by atoms with E-state index in [1.165, 1.54) is 17.3 Å². The Morgan fingerprint density at radius 1 is 1.08 bits per heavy atom. The highest BCUT2D eigenvalue weighted by molar-refractivity contribution is 8.26. The van der Waals surface area contributed by atoms with E-state index >= 15 is 0 Å². The van der Waals surface area contributed by atoms with Crippen molar-refractivity contribution in [3.05, 3.63) is 88.3 Å². The molecule has 2 aliphatic rings. The number of rotatable bonds is 7. The van der Waals surface area contributed by atoms with Crippen LogP contribution in [0.2, 0.25) is 0 Å². The minimum absolute atomic E-state index is 0.152. The molecule has 0 atom stereocenters. The quantitative estimate of drug-likeness (QED) is 0.307. The summed E-state index contributed by atoms with van der Waals surface area (Å²) in [6.45, 7) is 2.13. The molecule has 2 saturated heterocycles. The largest absolute Gasteiger partial charge is 0.420 e. The first-order chi connectivity index (χ1) is 17.6. The number of aromatic nitrogens is 1. The van der Waals surface area contributed by atoms with Crippen molar-refractivity contribution in [1.82, 2.24) is 9.88 Å². The third-order valence-corrected chi connectivity index (χ3v) is 7.97. The Labute approximate surface area is 220 Å². The zero-order chi connectivity index (χ0) is 24.9. The Kier molecular flexibility index (Phi) is 7.49. The monoisotopic (exact) mass is 514 g/mol. The van der Waals surface area contributed by atoms with Crippen molar-refractivity contribution < 1.29 is 9.21 Å². The number of hydrogen-bond donors (Lipinski definition) is 0. The van der Waals surface area contributed by atoms with Gasteiger partial charge in [-0.3, -0.25) is 9.69 Å². The lowest BCUT2D eigenvalue weighted by molar-refractivity contribution is -0.122. The maximum Gasteiger partial charge on any atom is 0.266 e. The molecule has 0 N–H and O–H groups in total. The lowest BCUT2D eigenvalue weighted by Gasteiger charge is -2.31. The van der Waals surface area contributed by atoms with Gasteiger partial charge in [-0.25, -0.2) is 0 Å². The predicted octanol–water partition coefficient (Wildman–Crippen LogP) is 5.45. The molecule has 5 rings (SSSR count). The van der Waals surface area contributed by atoms with Crippen molar-refractivity contribution in [2.24, 2.45) is 5.92 Å². The van der Waals surface area contributed by atoms with Crippen LogP contribution in [0.4, 0.5) is 5.88 Å². The molecule has 1 aromatic heterocycles. The van der Waals surface area contributed by atoms with E-state index in [1.54, 1.807) is 11.0 Å². The first kappa shape index (κ1) is 24.3. The Morgan fingerprint density at radius 3 is 2.42 bits per heavy atom. The van der Waals surface area contributed by atoms with Crippen molar-refractivity contribution in [3.8, 4) is 6.07 Å². The summed E-state index contributed by atoms with van der Waals surface area (Å²) in [5.41, 5.74) is 2.76. The molecule has 0 aliphatic carbocycles. The number of nitriles is 1. The van der Waals surface area contributed by atoms with E-state index < -0.39 is 0 Å². The second-order valence-corrected chi connectivity index (χ2v) is 10.7. The van der Waals surface area contributed by atoms with E-state index in [4.69, 9.17) is 16.6 Å². The first-order valence-corrected chi connectivity index (χ1v) is 13.3. The number of carbonyl (C=O) groups excluding carboxylic acids is 1. The van der Waals surface area contributed by atoms with Crippen LogP contribution in [0, 0.1) is 17.2 Å². The summed E-state index contributed by atoms with van der Waals surface area (Å²) in [5.74, 6) is 1.20. The van der Waals surface area contributed by atoms with Gasteiger partial charge < -0.3 is 9.32 Å². The molecule has 6 nitrogen and oxygen atoms in total. The summed E-state index contributed by atoms with van der Waals surface area (Å²) in [5, 5.41) is 9.66. The zero-order valence-electron chi connectivity index (χ0n) is 19.8. The zero-order valence-corrected chi connectivity index (χ0v) is 21.4. The molecular weight excluding hydrogens is 488 g/mol. The molecule has 2 fully saturated rings. The van der Waals surface area contributed by atoms with Crippen molar-refractivity contribution in [2.45, 2.75) is 25.7 Å². The standard InChI is InChI=1S/C28H26N4O2S2/c29-19-23-27(31-14-11-22(12-15-31)17-21-9-5-2-6-10-21)34-25(30-23)18-24-26(33)32(28(35)36-24)16-13-20-7-3-1-4-8-20/h1-10,18,22H,11-17H2/b24-18+. The van der Waals surface area contributed by atoms with Crippen LogP contribution in [0.3, 0.4) is 0 Å². The van der Waals surface area contributed by atoms with Crippen molar-refractivity contribution in [3.63, 3.8) is 0 Å². The van der Waals surface area contributed by atoms with E-state index in [0.29, 0.717) is 27.6 Å². The van der Waals surface area contributed by atoms with Gasteiger partial charge in [-0.05, 0) is 42.7 Å². The Hall–Kier alpha value is -3.41. The Balaban J connectivity index is 1.23. The highest BCUT2D eigenvalue weighted by atomic mass is 32.2. The fourth-order valence-electron chi connectivity index (χ4n) is 4.66. The number of benzene rings is 2. The van der Waals surface area contributed by atoms with Gasteiger partial charge in [0, 0.05) is 25.7 Å². The second-order valence-electron chi connectivity index (χ2n) is 9.01. The molecule has 2 aliphatic heterocycles. The summed E-state index contributed by atoms with van der Waals surface area (Å²) in [4.78, 5) is 21.5. The molecular formula is C28H26N4O2S2. The van der Waals surface area contributed by atoms with E-state index in [9.17, 15) is 10.1 Å². The molecule has 0 saturated carbocycles. The number of oxazole rings is 1. The van der Waals surface area contributed by atoms with Gasteiger partial charge in [-0.15, -0.1) is 0 Å². The van der Waals surface area contributed by atoms with Gasteiger partial charge in [0.2, 0.25) is 17.5 Å². The fourth-order valence-corrected chi connectivity index (χ4v) is 5.93. The number of amides is 1. The van der Waals surface area contributed by atoms with Gasteiger partial charge in [-0.1, -0.05) is 84.6 Å². The molecule has 0 spiro atoms. The van der Waals surface area contributed by atoms with Crippen LogP contribution in [-0.4, -0.2) is 39.7 Å². The third-order valence-electron chi connectivity index (χ3n) is 6.60. The van der Waals surface area contributed by atoms with Gasteiger partial charge in [0.05, 0.1) is 4.91 Å². The number of hydrogen-bond acceptors (Lipinski definition) is 7. The molecule has 3 heterocycles. The number of piperidine rings is 1.